The second kappa shape index (κ2) is 6.51. The van der Waals surface area contributed by atoms with E-state index in [1.54, 1.807) is 28.4 Å². The van der Waals surface area contributed by atoms with E-state index in [9.17, 15) is 13.2 Å². The third-order valence-electron chi connectivity index (χ3n) is 3.17. The van der Waals surface area contributed by atoms with Crippen LogP contribution in [0.1, 0.15) is 11.3 Å². The fourth-order valence-electron chi connectivity index (χ4n) is 2.09. The molecule has 2 heterocycles. The van der Waals surface area contributed by atoms with E-state index in [1.807, 2.05) is 17.5 Å². The van der Waals surface area contributed by atoms with Crippen LogP contribution in [0.3, 0.4) is 0 Å². The van der Waals surface area contributed by atoms with Crippen molar-refractivity contribution < 1.29 is 13.2 Å². The molecule has 0 aromatic carbocycles. The van der Waals surface area contributed by atoms with Crippen molar-refractivity contribution in [1.82, 2.24) is 9.21 Å². The van der Waals surface area contributed by atoms with E-state index in [0.29, 0.717) is 32.6 Å². The van der Waals surface area contributed by atoms with Crippen LogP contribution in [0.15, 0.2) is 23.6 Å². The van der Waals surface area contributed by atoms with Gasteiger partial charge >= 0.3 is 0 Å². The second-order valence-electron chi connectivity index (χ2n) is 4.69. The highest BCUT2D eigenvalue weighted by Crippen LogP contribution is 2.12. The summed E-state index contributed by atoms with van der Waals surface area (Å²) in [4.78, 5) is 14.8. The van der Waals surface area contributed by atoms with Crippen molar-refractivity contribution in [3.63, 3.8) is 0 Å². The summed E-state index contributed by atoms with van der Waals surface area (Å²) in [6.45, 7) is 1.90. The van der Waals surface area contributed by atoms with Gasteiger partial charge in [0, 0.05) is 37.1 Å². The van der Waals surface area contributed by atoms with Gasteiger partial charge in [-0.15, -0.1) is 11.3 Å². The smallest absolute Gasteiger partial charge is 0.246 e. The quantitative estimate of drug-likeness (QED) is 0.789. The number of carbonyl (C=O) groups is 1. The molecule has 1 aliphatic heterocycles. The van der Waals surface area contributed by atoms with Crippen molar-refractivity contribution in [3.8, 4) is 0 Å². The summed E-state index contributed by atoms with van der Waals surface area (Å²) in [7, 11) is -3.17. The maximum absolute atomic E-state index is 12.1. The minimum Gasteiger partial charge on any atom is -0.338 e. The Morgan fingerprint density at radius 2 is 2.10 bits per heavy atom. The molecule has 110 valence electrons. The average molecular weight is 314 g/mol. The first-order valence-corrected chi connectivity index (χ1v) is 9.15. The van der Waals surface area contributed by atoms with Gasteiger partial charge in [-0.3, -0.25) is 4.79 Å². The van der Waals surface area contributed by atoms with Crippen LogP contribution in [-0.4, -0.2) is 56.0 Å². The van der Waals surface area contributed by atoms with E-state index in [1.165, 1.54) is 10.6 Å². The van der Waals surface area contributed by atoms with Gasteiger partial charge in [-0.25, -0.2) is 12.7 Å². The summed E-state index contributed by atoms with van der Waals surface area (Å²) in [5, 5.41) is 1.96. The maximum Gasteiger partial charge on any atom is 0.246 e. The van der Waals surface area contributed by atoms with Crippen molar-refractivity contribution in [2.45, 2.75) is 6.42 Å². The molecule has 5 nitrogen and oxygen atoms in total. The number of amides is 1. The zero-order valence-electron chi connectivity index (χ0n) is 11.4. The molecule has 0 N–H and O–H groups in total. The van der Waals surface area contributed by atoms with E-state index < -0.39 is 10.0 Å². The van der Waals surface area contributed by atoms with Gasteiger partial charge in [0.1, 0.15) is 0 Å². The van der Waals surface area contributed by atoms with E-state index in [-0.39, 0.29) is 5.91 Å². The SMILES string of the molecule is CS(=O)(=O)N1CCCN(C(=O)/C=C/c2cccs2)CC1. The first-order chi connectivity index (χ1) is 9.47. The Labute approximate surface area is 123 Å². The highest BCUT2D eigenvalue weighted by atomic mass is 32.2. The van der Waals surface area contributed by atoms with Crippen LogP contribution in [0.5, 0.6) is 0 Å². The van der Waals surface area contributed by atoms with Crippen molar-refractivity contribution in [1.29, 1.82) is 0 Å². The fourth-order valence-corrected chi connectivity index (χ4v) is 3.58. The number of hydrogen-bond donors (Lipinski definition) is 0. The van der Waals surface area contributed by atoms with Crippen LogP contribution < -0.4 is 0 Å². The molecule has 0 unspecified atom stereocenters. The molecular weight excluding hydrogens is 296 g/mol. The van der Waals surface area contributed by atoms with Crippen molar-refractivity contribution in [3.05, 3.63) is 28.5 Å². The normalized spacial score (nSPS) is 18.4. The van der Waals surface area contributed by atoms with Gasteiger partial charge in [-0.05, 0) is 23.9 Å². The number of nitrogens with zero attached hydrogens (tertiary/aromatic N) is 2. The predicted molar refractivity (Wildman–Crippen MR) is 81.0 cm³/mol. The molecule has 0 radical (unpaired) electrons. The summed E-state index contributed by atoms with van der Waals surface area (Å²) in [5.74, 6) is -0.0613. The molecule has 0 atom stereocenters. The van der Waals surface area contributed by atoms with Crippen molar-refractivity contribution >= 4 is 33.3 Å². The molecule has 1 aromatic rings. The topological polar surface area (TPSA) is 57.7 Å². The Hall–Kier alpha value is -1.18. The largest absolute Gasteiger partial charge is 0.338 e. The van der Waals surface area contributed by atoms with Gasteiger partial charge in [-0.1, -0.05) is 6.07 Å². The van der Waals surface area contributed by atoms with E-state index in [4.69, 9.17) is 0 Å². The average Bonchev–Trinajstić information content (AvgIpc) is 2.76. The molecule has 1 amide bonds. The fraction of sp³-hybridized carbons (Fsp3) is 0.462. The van der Waals surface area contributed by atoms with Gasteiger partial charge in [0.05, 0.1) is 6.26 Å². The lowest BCUT2D eigenvalue weighted by Gasteiger charge is -2.19. The summed E-state index contributed by atoms with van der Waals surface area (Å²) < 4.78 is 24.4. The Kier molecular flexibility index (Phi) is 4.95. The molecule has 0 aliphatic carbocycles. The second-order valence-corrected chi connectivity index (χ2v) is 7.65. The van der Waals surface area contributed by atoms with Crippen LogP contribution in [0.4, 0.5) is 0 Å². The third kappa shape index (κ3) is 4.16. The lowest BCUT2D eigenvalue weighted by Crippen LogP contribution is -2.36. The minimum absolute atomic E-state index is 0.0613. The lowest BCUT2D eigenvalue weighted by molar-refractivity contribution is -0.125. The number of hydrogen-bond acceptors (Lipinski definition) is 4. The van der Waals surface area contributed by atoms with E-state index in [2.05, 4.69) is 0 Å². The Morgan fingerprint density at radius 3 is 2.75 bits per heavy atom. The number of rotatable bonds is 3. The Bertz CT molecular complexity index is 579. The monoisotopic (exact) mass is 314 g/mol. The molecule has 1 aliphatic rings. The van der Waals surface area contributed by atoms with Crippen LogP contribution in [0.25, 0.3) is 6.08 Å². The molecule has 20 heavy (non-hydrogen) atoms. The van der Waals surface area contributed by atoms with Gasteiger partial charge in [0.2, 0.25) is 15.9 Å². The van der Waals surface area contributed by atoms with Crippen LogP contribution in [0.2, 0.25) is 0 Å². The summed E-state index contributed by atoms with van der Waals surface area (Å²) in [5.41, 5.74) is 0. The molecule has 1 aromatic heterocycles. The Morgan fingerprint density at radius 1 is 1.30 bits per heavy atom. The van der Waals surface area contributed by atoms with Gasteiger partial charge in [0.15, 0.2) is 0 Å². The highest BCUT2D eigenvalue weighted by molar-refractivity contribution is 7.88. The summed E-state index contributed by atoms with van der Waals surface area (Å²) >= 11 is 1.57. The van der Waals surface area contributed by atoms with Crippen molar-refractivity contribution in [2.24, 2.45) is 0 Å². The van der Waals surface area contributed by atoms with Crippen LogP contribution in [0, 0.1) is 0 Å². The molecule has 2 rings (SSSR count). The molecule has 0 spiro atoms. The molecule has 1 saturated heterocycles. The Balaban J connectivity index is 1.95. The summed E-state index contributed by atoms with van der Waals surface area (Å²) in [6.07, 6.45) is 5.24. The van der Waals surface area contributed by atoms with Gasteiger partial charge in [-0.2, -0.15) is 0 Å². The lowest BCUT2D eigenvalue weighted by atomic mass is 10.3. The zero-order chi connectivity index (χ0) is 14.6. The van der Waals surface area contributed by atoms with E-state index in [0.717, 1.165) is 4.88 Å². The van der Waals surface area contributed by atoms with Gasteiger partial charge < -0.3 is 4.90 Å². The van der Waals surface area contributed by atoms with Gasteiger partial charge in [0.25, 0.3) is 0 Å². The first kappa shape index (κ1) is 15.2. The molecule has 7 heteroatoms. The predicted octanol–water partition coefficient (Wildman–Crippen LogP) is 1.26. The van der Waals surface area contributed by atoms with Crippen LogP contribution >= 0.6 is 11.3 Å². The molecule has 0 bridgehead atoms. The third-order valence-corrected chi connectivity index (χ3v) is 5.31. The molecular formula is C13H18N2O3S2. The van der Waals surface area contributed by atoms with E-state index >= 15 is 0 Å². The molecule has 0 saturated carbocycles. The maximum atomic E-state index is 12.1. The first-order valence-electron chi connectivity index (χ1n) is 6.42. The number of sulfonamides is 1. The summed E-state index contributed by atoms with van der Waals surface area (Å²) in [6, 6.07) is 3.88. The molecule has 1 fully saturated rings. The number of carbonyl (C=O) groups excluding carboxylic acids is 1. The zero-order valence-corrected chi connectivity index (χ0v) is 13.0. The van der Waals surface area contributed by atoms with Crippen molar-refractivity contribution in [2.75, 3.05) is 32.4 Å². The minimum atomic E-state index is -3.17. The highest BCUT2D eigenvalue weighted by Gasteiger charge is 2.22. The van der Waals surface area contributed by atoms with Crippen LogP contribution in [-0.2, 0) is 14.8 Å². The number of thiophene rings is 1. The standard InChI is InChI=1S/C13H18N2O3S2/c1-20(17,18)15-8-3-7-14(9-10-15)13(16)6-5-12-4-2-11-19-12/h2,4-6,11H,3,7-10H2,1H3/b6-5+.